The maximum absolute atomic E-state index is 12.2. The number of rotatable bonds is 6. The number of urea groups is 1. The van der Waals surface area contributed by atoms with Gasteiger partial charge in [0, 0.05) is 13.1 Å². The lowest BCUT2D eigenvalue weighted by Gasteiger charge is -2.43. The molecule has 1 atom stereocenters. The Labute approximate surface area is 121 Å². The molecule has 0 aromatic carbocycles. The van der Waals surface area contributed by atoms with Crippen molar-refractivity contribution in [2.45, 2.75) is 65.3 Å². The smallest absolute Gasteiger partial charge is 0.327 e. The number of hydrogen-bond donors (Lipinski definition) is 2. The average Bonchev–Trinajstić information content (AvgIpc) is 2.36. The molecule has 5 nitrogen and oxygen atoms in total. The van der Waals surface area contributed by atoms with Gasteiger partial charge in [0.25, 0.3) is 0 Å². The number of nitrogens with zero attached hydrogens (tertiary/aromatic N) is 1. The van der Waals surface area contributed by atoms with Crippen molar-refractivity contribution in [2.75, 3.05) is 13.1 Å². The van der Waals surface area contributed by atoms with E-state index in [4.69, 9.17) is 0 Å². The molecule has 0 bridgehead atoms. The monoisotopic (exact) mass is 284 g/mol. The summed E-state index contributed by atoms with van der Waals surface area (Å²) in [7, 11) is 0. The molecule has 116 valence electrons. The molecule has 0 aliphatic carbocycles. The van der Waals surface area contributed by atoms with E-state index in [1.165, 1.54) is 11.3 Å². The Balaban J connectivity index is 2.54. The first kappa shape index (κ1) is 16.8. The van der Waals surface area contributed by atoms with E-state index < -0.39 is 12.0 Å². The van der Waals surface area contributed by atoms with Gasteiger partial charge in [0.05, 0.1) is 0 Å². The molecule has 0 saturated carbocycles. The number of unbranched alkanes of at least 4 members (excludes halogenated alkanes) is 3. The molecule has 5 heteroatoms. The molecule has 0 aromatic heterocycles. The minimum absolute atomic E-state index is 0.235. The van der Waals surface area contributed by atoms with Crippen LogP contribution >= 0.6 is 0 Å². The first-order chi connectivity index (χ1) is 9.40. The Kier molecular flexibility index (Phi) is 6.30. The normalized spacial score (nSPS) is 21.6. The Hall–Kier alpha value is -1.26. The quantitative estimate of drug-likeness (QED) is 0.737. The van der Waals surface area contributed by atoms with Crippen molar-refractivity contribution in [1.29, 1.82) is 0 Å². The summed E-state index contributed by atoms with van der Waals surface area (Å²) in [6, 6.07) is -0.964. The SMILES string of the molecule is CCCCCCNC(=O)N1CCCC(C)(C)C1C(=O)O. The molecule has 1 fully saturated rings. The van der Waals surface area contributed by atoms with Crippen LogP contribution in [-0.2, 0) is 4.79 Å². The maximum Gasteiger partial charge on any atom is 0.327 e. The van der Waals surface area contributed by atoms with Crippen molar-refractivity contribution in [1.82, 2.24) is 10.2 Å². The first-order valence-corrected chi connectivity index (χ1v) is 7.67. The number of amides is 2. The van der Waals surface area contributed by atoms with E-state index in [2.05, 4.69) is 12.2 Å². The van der Waals surface area contributed by atoms with Crippen LogP contribution in [0.2, 0.25) is 0 Å². The first-order valence-electron chi connectivity index (χ1n) is 7.67. The van der Waals surface area contributed by atoms with E-state index in [0.717, 1.165) is 32.1 Å². The van der Waals surface area contributed by atoms with Crippen molar-refractivity contribution in [3.8, 4) is 0 Å². The van der Waals surface area contributed by atoms with Gasteiger partial charge in [-0.05, 0) is 24.7 Å². The molecule has 1 unspecified atom stereocenters. The zero-order valence-corrected chi connectivity index (χ0v) is 12.9. The molecule has 2 amide bonds. The van der Waals surface area contributed by atoms with Gasteiger partial charge in [0.15, 0.2) is 0 Å². The third-order valence-corrected chi connectivity index (χ3v) is 4.07. The van der Waals surface area contributed by atoms with E-state index in [9.17, 15) is 14.7 Å². The van der Waals surface area contributed by atoms with Crippen LogP contribution in [0.5, 0.6) is 0 Å². The van der Waals surface area contributed by atoms with Gasteiger partial charge >= 0.3 is 12.0 Å². The second kappa shape index (κ2) is 7.50. The highest BCUT2D eigenvalue weighted by molar-refractivity contribution is 5.83. The molecule has 2 N–H and O–H groups in total. The van der Waals surface area contributed by atoms with E-state index in [-0.39, 0.29) is 11.4 Å². The zero-order chi connectivity index (χ0) is 15.2. The van der Waals surface area contributed by atoms with Crippen LogP contribution < -0.4 is 5.32 Å². The Bertz CT molecular complexity index is 342. The highest BCUT2D eigenvalue weighted by Crippen LogP contribution is 2.35. The van der Waals surface area contributed by atoms with Gasteiger partial charge in [0.2, 0.25) is 0 Å². The number of likely N-dealkylation sites (tertiary alicyclic amines) is 1. The van der Waals surface area contributed by atoms with Gasteiger partial charge in [-0.1, -0.05) is 40.0 Å². The predicted molar refractivity (Wildman–Crippen MR) is 78.7 cm³/mol. The lowest BCUT2D eigenvalue weighted by atomic mass is 9.76. The number of nitrogens with one attached hydrogen (secondary N) is 1. The number of hydrogen-bond acceptors (Lipinski definition) is 2. The van der Waals surface area contributed by atoms with Crippen molar-refractivity contribution >= 4 is 12.0 Å². The van der Waals surface area contributed by atoms with Gasteiger partial charge < -0.3 is 15.3 Å². The highest BCUT2D eigenvalue weighted by atomic mass is 16.4. The summed E-state index contributed by atoms with van der Waals surface area (Å²) in [5.74, 6) is -0.907. The average molecular weight is 284 g/mol. The van der Waals surface area contributed by atoms with E-state index in [1.807, 2.05) is 13.8 Å². The van der Waals surface area contributed by atoms with Crippen molar-refractivity contribution < 1.29 is 14.7 Å². The van der Waals surface area contributed by atoms with Crippen molar-refractivity contribution in [3.63, 3.8) is 0 Å². The van der Waals surface area contributed by atoms with E-state index >= 15 is 0 Å². The number of piperidine rings is 1. The lowest BCUT2D eigenvalue weighted by Crippen LogP contribution is -2.58. The highest BCUT2D eigenvalue weighted by Gasteiger charge is 2.44. The van der Waals surface area contributed by atoms with Crippen molar-refractivity contribution in [2.24, 2.45) is 5.41 Å². The van der Waals surface area contributed by atoms with Crippen LogP contribution in [0.25, 0.3) is 0 Å². The summed E-state index contributed by atoms with van der Waals surface area (Å²) >= 11 is 0. The summed E-state index contributed by atoms with van der Waals surface area (Å²) in [4.78, 5) is 25.2. The van der Waals surface area contributed by atoms with Crippen molar-refractivity contribution in [3.05, 3.63) is 0 Å². The Morgan fingerprint density at radius 2 is 2.00 bits per heavy atom. The number of aliphatic carboxylic acids is 1. The fourth-order valence-electron chi connectivity index (χ4n) is 2.93. The minimum atomic E-state index is -0.907. The summed E-state index contributed by atoms with van der Waals surface area (Å²) in [6.45, 7) is 7.15. The third-order valence-electron chi connectivity index (χ3n) is 4.07. The van der Waals surface area contributed by atoms with Crippen LogP contribution in [0.4, 0.5) is 4.79 Å². The lowest BCUT2D eigenvalue weighted by molar-refractivity contribution is -0.148. The standard InChI is InChI=1S/C15H28N2O3/c1-4-5-6-7-10-16-14(20)17-11-8-9-15(2,3)12(17)13(18)19/h12H,4-11H2,1-3H3,(H,16,20)(H,18,19). The fraction of sp³-hybridized carbons (Fsp3) is 0.867. The number of carbonyl (C=O) groups excluding carboxylic acids is 1. The molecular weight excluding hydrogens is 256 g/mol. The zero-order valence-electron chi connectivity index (χ0n) is 12.9. The molecule has 1 aliphatic rings. The fourth-order valence-corrected chi connectivity index (χ4v) is 2.93. The molecule has 1 aliphatic heterocycles. The number of carbonyl (C=O) groups is 2. The predicted octanol–water partition coefficient (Wildman–Crippen LogP) is 2.85. The van der Waals surface area contributed by atoms with Gasteiger partial charge in [-0.3, -0.25) is 0 Å². The molecule has 1 heterocycles. The maximum atomic E-state index is 12.2. The van der Waals surface area contributed by atoms with Gasteiger partial charge in [0.1, 0.15) is 6.04 Å². The second-order valence-electron chi connectivity index (χ2n) is 6.32. The second-order valence-corrected chi connectivity index (χ2v) is 6.32. The topological polar surface area (TPSA) is 69.6 Å². The summed E-state index contributed by atoms with van der Waals surface area (Å²) < 4.78 is 0. The Morgan fingerprint density at radius 1 is 1.30 bits per heavy atom. The Morgan fingerprint density at radius 3 is 2.60 bits per heavy atom. The van der Waals surface area contributed by atoms with E-state index in [0.29, 0.717) is 13.1 Å². The van der Waals surface area contributed by atoms with Gasteiger partial charge in [-0.25, -0.2) is 9.59 Å². The van der Waals surface area contributed by atoms with Crippen LogP contribution in [0.1, 0.15) is 59.3 Å². The van der Waals surface area contributed by atoms with Crippen LogP contribution in [0.15, 0.2) is 0 Å². The molecule has 0 spiro atoms. The van der Waals surface area contributed by atoms with Crippen LogP contribution in [-0.4, -0.2) is 41.1 Å². The van der Waals surface area contributed by atoms with Gasteiger partial charge in [-0.15, -0.1) is 0 Å². The number of carboxylic acid groups (broad SMARTS) is 1. The van der Waals surface area contributed by atoms with Crippen LogP contribution in [0, 0.1) is 5.41 Å². The molecule has 20 heavy (non-hydrogen) atoms. The molecule has 1 saturated heterocycles. The van der Waals surface area contributed by atoms with Crippen LogP contribution in [0.3, 0.4) is 0 Å². The summed E-state index contributed by atoms with van der Waals surface area (Å²) in [5, 5.41) is 12.3. The molecule has 0 radical (unpaired) electrons. The largest absolute Gasteiger partial charge is 0.480 e. The summed E-state index contributed by atoms with van der Waals surface area (Å²) in [5.41, 5.74) is -0.371. The van der Waals surface area contributed by atoms with Gasteiger partial charge in [-0.2, -0.15) is 0 Å². The molecule has 1 rings (SSSR count). The molecule has 0 aromatic rings. The third kappa shape index (κ3) is 4.39. The van der Waals surface area contributed by atoms with E-state index in [1.54, 1.807) is 0 Å². The number of carboxylic acids is 1. The molecular formula is C15H28N2O3. The minimum Gasteiger partial charge on any atom is -0.480 e. The summed E-state index contributed by atoms with van der Waals surface area (Å²) in [6.07, 6.45) is 6.09.